The van der Waals surface area contributed by atoms with E-state index in [-0.39, 0.29) is 30.9 Å². The summed E-state index contributed by atoms with van der Waals surface area (Å²) in [4.78, 5) is 26.1. The van der Waals surface area contributed by atoms with Crippen molar-refractivity contribution in [3.8, 4) is 0 Å². The molecule has 3 rings (SSSR count). The summed E-state index contributed by atoms with van der Waals surface area (Å²) in [5.41, 5.74) is 2.87. The van der Waals surface area contributed by atoms with E-state index < -0.39 is 5.82 Å². The van der Waals surface area contributed by atoms with E-state index >= 15 is 0 Å². The van der Waals surface area contributed by atoms with E-state index in [0.717, 1.165) is 19.3 Å². The molecular formula is C21H24FN3O2. The summed E-state index contributed by atoms with van der Waals surface area (Å²) < 4.78 is 13.2. The van der Waals surface area contributed by atoms with Gasteiger partial charge in [0.2, 0.25) is 11.8 Å². The maximum Gasteiger partial charge on any atom is 0.238 e. The van der Waals surface area contributed by atoms with Gasteiger partial charge in [0.05, 0.1) is 19.1 Å². The molecule has 2 N–H and O–H groups in total. The van der Waals surface area contributed by atoms with Crippen molar-refractivity contribution in [2.45, 2.75) is 25.3 Å². The zero-order valence-electron chi connectivity index (χ0n) is 15.4. The molecule has 0 bridgehead atoms. The molecule has 0 spiro atoms. The Morgan fingerprint density at radius 2 is 1.89 bits per heavy atom. The van der Waals surface area contributed by atoms with E-state index in [1.165, 1.54) is 29.3 Å². The molecule has 5 nitrogen and oxygen atoms in total. The molecular weight excluding hydrogens is 345 g/mol. The highest BCUT2D eigenvalue weighted by Gasteiger charge is 2.22. The second-order valence-corrected chi connectivity index (χ2v) is 6.94. The third kappa shape index (κ3) is 5.37. The number of benzene rings is 2. The van der Waals surface area contributed by atoms with E-state index in [0.29, 0.717) is 5.69 Å². The lowest BCUT2D eigenvalue weighted by Crippen LogP contribution is -2.40. The molecule has 0 saturated carbocycles. The number of carbonyl (C=O) groups is 2. The molecule has 2 amide bonds. The van der Waals surface area contributed by atoms with E-state index in [2.05, 4.69) is 22.8 Å². The summed E-state index contributed by atoms with van der Waals surface area (Å²) in [7, 11) is 1.71. The topological polar surface area (TPSA) is 61.4 Å². The molecule has 1 atom stereocenters. The van der Waals surface area contributed by atoms with Crippen molar-refractivity contribution >= 4 is 17.5 Å². The Balaban J connectivity index is 1.49. The highest BCUT2D eigenvalue weighted by molar-refractivity contribution is 5.92. The van der Waals surface area contributed by atoms with Crippen molar-refractivity contribution in [2.75, 3.05) is 25.5 Å². The van der Waals surface area contributed by atoms with Crippen molar-refractivity contribution in [2.24, 2.45) is 0 Å². The van der Waals surface area contributed by atoms with Crippen LogP contribution >= 0.6 is 0 Å². The first kappa shape index (κ1) is 19.0. The van der Waals surface area contributed by atoms with E-state index in [1.54, 1.807) is 18.0 Å². The Morgan fingerprint density at radius 3 is 2.70 bits per heavy atom. The summed E-state index contributed by atoms with van der Waals surface area (Å²) in [6, 6.07) is 13.9. The maximum absolute atomic E-state index is 13.2. The average Bonchev–Trinajstić information content (AvgIpc) is 2.61. The van der Waals surface area contributed by atoms with Crippen LogP contribution in [0.5, 0.6) is 0 Å². The van der Waals surface area contributed by atoms with Gasteiger partial charge in [-0.1, -0.05) is 30.3 Å². The van der Waals surface area contributed by atoms with Crippen LogP contribution in [-0.4, -0.2) is 36.9 Å². The Bertz CT molecular complexity index is 825. The number of carbonyl (C=O) groups excluding carboxylic acids is 2. The third-order valence-electron chi connectivity index (χ3n) is 4.64. The second-order valence-electron chi connectivity index (χ2n) is 6.94. The van der Waals surface area contributed by atoms with Gasteiger partial charge in [-0.05, 0) is 55.6 Å². The molecule has 27 heavy (non-hydrogen) atoms. The number of nitrogens with zero attached hydrogens (tertiary/aromatic N) is 1. The summed E-state index contributed by atoms with van der Waals surface area (Å²) in [6.07, 6.45) is 3.02. The quantitative estimate of drug-likeness (QED) is 0.823. The van der Waals surface area contributed by atoms with E-state index in [1.807, 2.05) is 12.1 Å². The number of hydrogen-bond acceptors (Lipinski definition) is 3. The molecule has 2 aromatic carbocycles. The second kappa shape index (κ2) is 8.77. The van der Waals surface area contributed by atoms with Crippen LogP contribution in [0.3, 0.4) is 0 Å². The van der Waals surface area contributed by atoms with Crippen molar-refractivity contribution in [3.63, 3.8) is 0 Å². The number of fused-ring (bicyclic) bond motifs is 1. The van der Waals surface area contributed by atoms with Crippen LogP contribution in [-0.2, 0) is 16.0 Å². The number of rotatable bonds is 6. The average molecular weight is 369 g/mol. The highest BCUT2D eigenvalue weighted by atomic mass is 19.1. The largest absolute Gasteiger partial charge is 0.348 e. The number of halogens is 1. The number of likely N-dealkylation sites (N-methyl/N-ethyl adjacent to an activating group) is 1. The van der Waals surface area contributed by atoms with Gasteiger partial charge in [-0.15, -0.1) is 0 Å². The van der Waals surface area contributed by atoms with Gasteiger partial charge in [0, 0.05) is 5.69 Å². The number of amides is 2. The summed E-state index contributed by atoms with van der Waals surface area (Å²) >= 11 is 0. The lowest BCUT2D eigenvalue weighted by atomic mass is 9.88. The standard InChI is InChI=1S/C21H24FN3O2/c1-25(13-20(26)23-17-9-5-8-16(22)12-17)14-21(27)24-19-11-4-7-15-6-2-3-10-18(15)19/h2-3,5-6,8-10,12,19H,4,7,11,13-14H2,1H3,(H,23,26)(H,24,27)/t19-/m0/s1. The Labute approximate surface area is 158 Å². The molecule has 1 aliphatic rings. The maximum atomic E-state index is 13.2. The van der Waals surface area contributed by atoms with Gasteiger partial charge in [0.15, 0.2) is 0 Å². The van der Waals surface area contributed by atoms with Crippen molar-refractivity contribution < 1.29 is 14.0 Å². The molecule has 6 heteroatoms. The predicted molar refractivity (Wildman–Crippen MR) is 103 cm³/mol. The monoisotopic (exact) mass is 369 g/mol. The van der Waals surface area contributed by atoms with Crippen LogP contribution in [0.2, 0.25) is 0 Å². The van der Waals surface area contributed by atoms with Crippen LogP contribution in [0.1, 0.15) is 30.0 Å². The first-order valence-electron chi connectivity index (χ1n) is 9.12. The zero-order chi connectivity index (χ0) is 19.2. The molecule has 142 valence electrons. The van der Waals surface area contributed by atoms with Crippen molar-refractivity contribution in [1.82, 2.24) is 10.2 Å². The Morgan fingerprint density at radius 1 is 1.11 bits per heavy atom. The van der Waals surface area contributed by atoms with Gasteiger partial charge in [0.1, 0.15) is 5.82 Å². The van der Waals surface area contributed by atoms with Crippen LogP contribution in [0.15, 0.2) is 48.5 Å². The summed E-state index contributed by atoms with van der Waals surface area (Å²) in [6.45, 7) is 0.167. The van der Waals surface area contributed by atoms with Gasteiger partial charge in [-0.3, -0.25) is 14.5 Å². The van der Waals surface area contributed by atoms with Crippen LogP contribution < -0.4 is 10.6 Å². The molecule has 0 heterocycles. The molecule has 0 aromatic heterocycles. The van der Waals surface area contributed by atoms with Crippen molar-refractivity contribution in [3.05, 3.63) is 65.5 Å². The highest BCUT2D eigenvalue weighted by Crippen LogP contribution is 2.29. The number of anilines is 1. The molecule has 1 aliphatic carbocycles. The van der Waals surface area contributed by atoms with Gasteiger partial charge in [-0.2, -0.15) is 0 Å². The molecule has 2 aromatic rings. The number of hydrogen-bond donors (Lipinski definition) is 2. The minimum Gasteiger partial charge on any atom is -0.348 e. The fraction of sp³-hybridized carbons (Fsp3) is 0.333. The van der Waals surface area contributed by atoms with E-state index in [4.69, 9.17) is 0 Å². The normalized spacial score (nSPS) is 15.9. The van der Waals surface area contributed by atoms with Crippen molar-refractivity contribution in [1.29, 1.82) is 0 Å². The molecule has 0 unspecified atom stereocenters. The third-order valence-corrected chi connectivity index (χ3v) is 4.64. The zero-order valence-corrected chi connectivity index (χ0v) is 15.4. The lowest BCUT2D eigenvalue weighted by molar-refractivity contribution is -0.123. The minimum absolute atomic E-state index is 0.0250. The predicted octanol–water partition coefficient (Wildman–Crippen LogP) is 2.89. The fourth-order valence-corrected chi connectivity index (χ4v) is 3.46. The number of aryl methyl sites for hydroxylation is 1. The van der Waals surface area contributed by atoms with Crippen LogP contribution in [0.4, 0.5) is 10.1 Å². The van der Waals surface area contributed by atoms with Gasteiger partial charge in [0.25, 0.3) is 0 Å². The van der Waals surface area contributed by atoms with Crippen LogP contribution in [0, 0.1) is 5.82 Å². The SMILES string of the molecule is CN(CC(=O)Nc1cccc(F)c1)CC(=O)N[C@H]1CCCc2ccccc21. The van der Waals surface area contributed by atoms with Crippen LogP contribution in [0.25, 0.3) is 0 Å². The van der Waals surface area contributed by atoms with Gasteiger partial charge >= 0.3 is 0 Å². The first-order valence-corrected chi connectivity index (χ1v) is 9.12. The summed E-state index contributed by atoms with van der Waals surface area (Å²) in [5, 5.41) is 5.70. The Kier molecular flexibility index (Phi) is 6.19. The molecule has 0 aliphatic heterocycles. The van der Waals surface area contributed by atoms with E-state index in [9.17, 15) is 14.0 Å². The fourth-order valence-electron chi connectivity index (χ4n) is 3.46. The molecule has 0 radical (unpaired) electrons. The molecule has 0 saturated heterocycles. The first-order chi connectivity index (χ1) is 13.0. The number of nitrogens with one attached hydrogen (secondary N) is 2. The molecule has 0 fully saturated rings. The van der Waals surface area contributed by atoms with Gasteiger partial charge < -0.3 is 10.6 Å². The summed E-state index contributed by atoms with van der Waals surface area (Å²) in [5.74, 6) is -0.815. The van der Waals surface area contributed by atoms with Gasteiger partial charge in [-0.25, -0.2) is 4.39 Å². The lowest BCUT2D eigenvalue weighted by Gasteiger charge is -2.27. The minimum atomic E-state index is -0.409. The smallest absolute Gasteiger partial charge is 0.238 e. The Hall–Kier alpha value is -2.73.